The van der Waals surface area contributed by atoms with Crippen molar-refractivity contribution in [3.63, 3.8) is 0 Å². The van der Waals surface area contributed by atoms with Gasteiger partial charge in [0.25, 0.3) is 5.91 Å². The molecular weight excluding hydrogens is 459 g/mol. The first-order chi connectivity index (χ1) is 16.3. The fraction of sp³-hybridized carbons (Fsp3) is 0.308. The second-order valence-electron chi connectivity index (χ2n) is 8.74. The van der Waals surface area contributed by atoms with E-state index in [0.717, 1.165) is 60.2 Å². The van der Waals surface area contributed by atoms with Crippen molar-refractivity contribution < 1.29 is 18.0 Å². The maximum absolute atomic E-state index is 12.7. The Balaban J connectivity index is 1.13. The number of amides is 1. The van der Waals surface area contributed by atoms with Crippen molar-refractivity contribution in [3.05, 3.63) is 77.5 Å². The first kappa shape index (κ1) is 22.8. The molecule has 0 radical (unpaired) electrons. The third-order valence-corrected chi connectivity index (χ3v) is 7.75. The summed E-state index contributed by atoms with van der Waals surface area (Å²) in [7, 11) is 0. The molecule has 0 saturated heterocycles. The number of carbonyl (C=O) groups excluding carboxylic acids is 1. The third kappa shape index (κ3) is 5.06. The van der Waals surface area contributed by atoms with Crippen LogP contribution in [0, 0.1) is 0 Å². The van der Waals surface area contributed by atoms with Crippen LogP contribution in [0.3, 0.4) is 0 Å². The van der Waals surface area contributed by atoms with Crippen LogP contribution in [-0.4, -0.2) is 22.2 Å². The molecule has 8 heteroatoms. The number of pyridine rings is 1. The van der Waals surface area contributed by atoms with E-state index in [1.807, 2.05) is 23.9 Å². The number of hydrogen-bond acceptors (Lipinski definition) is 4. The van der Waals surface area contributed by atoms with Crippen molar-refractivity contribution in [2.45, 2.75) is 54.6 Å². The van der Waals surface area contributed by atoms with Crippen molar-refractivity contribution in [2.75, 3.05) is 5.32 Å². The van der Waals surface area contributed by atoms with Crippen LogP contribution in [0.25, 0.3) is 11.1 Å². The maximum Gasteiger partial charge on any atom is 0.417 e. The molecule has 2 N–H and O–H groups in total. The highest BCUT2D eigenvalue weighted by Gasteiger charge is 2.31. The van der Waals surface area contributed by atoms with Crippen LogP contribution in [0.15, 0.2) is 65.7 Å². The summed E-state index contributed by atoms with van der Waals surface area (Å²) in [5.74, 6) is 0.479. The number of fused-ring (bicyclic) bond motifs is 1. The number of benzene rings is 2. The van der Waals surface area contributed by atoms with Gasteiger partial charge in [-0.25, -0.2) is 4.98 Å². The van der Waals surface area contributed by atoms with Crippen molar-refractivity contribution in [1.82, 2.24) is 10.3 Å². The summed E-state index contributed by atoms with van der Waals surface area (Å²) in [6.45, 7) is 0.600. The van der Waals surface area contributed by atoms with Gasteiger partial charge in [-0.05, 0) is 72.7 Å². The number of thioether (sulfide) groups is 1. The standard InChI is InChI=1S/C26H24F3N3OS/c27-26(28,29)19-5-12-24(30-15-19)32-20-6-10-22(11-7-20)34-21-8-3-16(4-9-21)17-1-2-18-14-31-25(33)23(18)13-17/h1-5,8-9,12-13,15,20,22H,6-7,10-11,14H2,(H,30,32)(H,31,33). The van der Waals surface area contributed by atoms with E-state index in [1.165, 1.54) is 11.0 Å². The second kappa shape index (κ2) is 9.33. The fourth-order valence-electron chi connectivity index (χ4n) is 4.49. The Bertz CT molecular complexity index is 1170. The molecule has 2 aromatic carbocycles. The lowest BCUT2D eigenvalue weighted by molar-refractivity contribution is -0.137. The number of rotatable bonds is 5. The summed E-state index contributed by atoms with van der Waals surface area (Å²) in [6.07, 6.45) is 0.488. The Hall–Kier alpha value is -3.00. The number of alkyl halides is 3. The van der Waals surface area contributed by atoms with E-state index < -0.39 is 11.7 Å². The van der Waals surface area contributed by atoms with Crippen molar-refractivity contribution in [2.24, 2.45) is 0 Å². The van der Waals surface area contributed by atoms with Crippen LogP contribution in [0.5, 0.6) is 0 Å². The molecule has 1 amide bonds. The van der Waals surface area contributed by atoms with E-state index in [4.69, 9.17) is 0 Å². The van der Waals surface area contributed by atoms with Crippen molar-refractivity contribution in [3.8, 4) is 11.1 Å². The normalized spacial score (nSPS) is 20.0. The quantitative estimate of drug-likeness (QED) is 0.434. The van der Waals surface area contributed by atoms with E-state index in [1.54, 1.807) is 0 Å². The third-order valence-electron chi connectivity index (χ3n) is 6.40. The lowest BCUT2D eigenvalue weighted by Crippen LogP contribution is -2.27. The van der Waals surface area contributed by atoms with Gasteiger partial charge in [0, 0.05) is 34.5 Å². The van der Waals surface area contributed by atoms with E-state index in [9.17, 15) is 18.0 Å². The number of anilines is 1. The number of carbonyl (C=O) groups is 1. The van der Waals surface area contributed by atoms with Gasteiger partial charge in [-0.15, -0.1) is 11.8 Å². The van der Waals surface area contributed by atoms with Crippen LogP contribution in [0.4, 0.5) is 19.0 Å². The van der Waals surface area contributed by atoms with Crippen LogP contribution < -0.4 is 10.6 Å². The van der Waals surface area contributed by atoms with Gasteiger partial charge in [0.1, 0.15) is 5.82 Å². The zero-order valence-corrected chi connectivity index (χ0v) is 19.2. The molecular formula is C26H24F3N3OS. The molecule has 176 valence electrons. The molecule has 0 bridgehead atoms. The van der Waals surface area contributed by atoms with Crippen LogP contribution in [0.2, 0.25) is 0 Å². The minimum absolute atomic E-state index is 0.0109. The van der Waals surface area contributed by atoms with Gasteiger partial charge in [-0.2, -0.15) is 13.2 Å². The van der Waals surface area contributed by atoms with Crippen LogP contribution in [-0.2, 0) is 12.7 Å². The summed E-state index contributed by atoms with van der Waals surface area (Å²) in [5.41, 5.74) is 3.19. The summed E-state index contributed by atoms with van der Waals surface area (Å²) in [6, 6.07) is 17.2. The molecule has 34 heavy (non-hydrogen) atoms. The summed E-state index contributed by atoms with van der Waals surface area (Å²) < 4.78 is 38.1. The molecule has 1 aliphatic carbocycles. The van der Waals surface area contributed by atoms with Crippen molar-refractivity contribution in [1.29, 1.82) is 0 Å². The second-order valence-corrected chi connectivity index (χ2v) is 10.1. The molecule has 4 nitrogen and oxygen atoms in total. The Morgan fingerprint density at radius 1 is 0.941 bits per heavy atom. The molecule has 0 unspecified atom stereocenters. The Labute approximate surface area is 200 Å². The smallest absolute Gasteiger partial charge is 0.367 e. The largest absolute Gasteiger partial charge is 0.417 e. The first-order valence-electron chi connectivity index (χ1n) is 11.3. The Morgan fingerprint density at radius 3 is 2.35 bits per heavy atom. The molecule has 0 spiro atoms. The van der Waals surface area contributed by atoms with Crippen LogP contribution in [0.1, 0.15) is 47.2 Å². The molecule has 0 atom stereocenters. The van der Waals surface area contributed by atoms with Gasteiger partial charge in [-0.1, -0.05) is 24.3 Å². The number of nitrogens with zero attached hydrogens (tertiary/aromatic N) is 1. The maximum atomic E-state index is 12.7. The molecule has 1 aliphatic heterocycles. The van der Waals surface area contributed by atoms with E-state index in [-0.39, 0.29) is 11.9 Å². The molecule has 1 aromatic heterocycles. The zero-order chi connectivity index (χ0) is 23.7. The fourth-order valence-corrected chi connectivity index (χ4v) is 5.68. The van der Waals surface area contributed by atoms with E-state index in [0.29, 0.717) is 17.6 Å². The minimum atomic E-state index is -4.36. The zero-order valence-electron chi connectivity index (χ0n) is 18.4. The highest BCUT2D eigenvalue weighted by atomic mass is 32.2. The van der Waals surface area contributed by atoms with E-state index >= 15 is 0 Å². The molecule has 1 saturated carbocycles. The predicted molar refractivity (Wildman–Crippen MR) is 128 cm³/mol. The summed E-state index contributed by atoms with van der Waals surface area (Å²) in [5, 5.41) is 6.63. The highest BCUT2D eigenvalue weighted by Crippen LogP contribution is 2.36. The number of aromatic nitrogens is 1. The average Bonchev–Trinajstić information content (AvgIpc) is 3.21. The van der Waals surface area contributed by atoms with Crippen LogP contribution >= 0.6 is 11.8 Å². The number of halogens is 3. The molecule has 1 fully saturated rings. The van der Waals surface area contributed by atoms with E-state index in [2.05, 4.69) is 45.9 Å². The van der Waals surface area contributed by atoms with Crippen molar-refractivity contribution >= 4 is 23.5 Å². The highest BCUT2D eigenvalue weighted by molar-refractivity contribution is 8.00. The topological polar surface area (TPSA) is 54.0 Å². The van der Waals surface area contributed by atoms with Gasteiger partial charge < -0.3 is 10.6 Å². The number of nitrogens with one attached hydrogen (secondary N) is 2. The monoisotopic (exact) mass is 483 g/mol. The van der Waals surface area contributed by atoms with Gasteiger partial charge >= 0.3 is 6.18 Å². The Kier molecular flexibility index (Phi) is 6.25. The SMILES string of the molecule is O=C1NCc2ccc(-c3ccc(SC4CCC(Nc5ccc(C(F)(F)F)cn5)CC4)cc3)cc21. The van der Waals surface area contributed by atoms with Gasteiger partial charge in [0.2, 0.25) is 0 Å². The minimum Gasteiger partial charge on any atom is -0.367 e. The van der Waals surface area contributed by atoms with Gasteiger partial charge in [-0.3, -0.25) is 4.79 Å². The number of hydrogen-bond donors (Lipinski definition) is 2. The molecule has 3 aromatic rings. The molecule has 2 heterocycles. The summed E-state index contributed by atoms with van der Waals surface area (Å²) >= 11 is 1.87. The molecule has 2 aliphatic rings. The predicted octanol–water partition coefficient (Wildman–Crippen LogP) is 6.53. The lowest BCUT2D eigenvalue weighted by Gasteiger charge is -2.29. The molecule has 5 rings (SSSR count). The summed E-state index contributed by atoms with van der Waals surface area (Å²) in [4.78, 5) is 17.1. The average molecular weight is 484 g/mol. The van der Waals surface area contributed by atoms with Gasteiger partial charge in [0.05, 0.1) is 5.56 Å². The van der Waals surface area contributed by atoms with Gasteiger partial charge in [0.15, 0.2) is 0 Å². The first-order valence-corrected chi connectivity index (χ1v) is 12.2. The Morgan fingerprint density at radius 2 is 1.68 bits per heavy atom. The lowest BCUT2D eigenvalue weighted by atomic mass is 9.95.